The molecule has 96 valence electrons. The summed E-state index contributed by atoms with van der Waals surface area (Å²) in [6.07, 6.45) is 4.71. The fraction of sp³-hybridized carbons (Fsp3) is 0.692. The first-order valence-electron chi connectivity index (χ1n) is 6.19. The third-order valence-corrected chi connectivity index (χ3v) is 6.14. The van der Waals surface area contributed by atoms with E-state index in [1.165, 1.54) is 28.4 Å². The van der Waals surface area contributed by atoms with Gasteiger partial charge in [-0.05, 0) is 48.8 Å². The molecule has 3 atom stereocenters. The highest BCUT2D eigenvalue weighted by Crippen LogP contribution is 2.43. The molecule has 1 N–H and O–H groups in total. The van der Waals surface area contributed by atoms with E-state index < -0.39 is 0 Å². The van der Waals surface area contributed by atoms with E-state index in [0.717, 1.165) is 5.25 Å². The summed E-state index contributed by atoms with van der Waals surface area (Å²) >= 11 is 5.88. The zero-order chi connectivity index (χ0) is 12.3. The van der Waals surface area contributed by atoms with Crippen LogP contribution in [0, 0.1) is 0 Å². The van der Waals surface area contributed by atoms with Gasteiger partial charge in [0.2, 0.25) is 0 Å². The molecule has 0 radical (unpaired) electrons. The second-order valence-electron chi connectivity index (χ2n) is 4.73. The number of nitrogens with one attached hydrogen (secondary N) is 1. The van der Waals surface area contributed by atoms with E-state index in [4.69, 9.17) is 0 Å². The number of hydrogen-bond donors (Lipinski definition) is 1. The summed E-state index contributed by atoms with van der Waals surface area (Å²) in [5.41, 5.74) is 1.54. The van der Waals surface area contributed by atoms with Crippen molar-refractivity contribution in [3.63, 3.8) is 0 Å². The average Bonchev–Trinajstić information content (AvgIpc) is 2.74. The van der Waals surface area contributed by atoms with Crippen molar-refractivity contribution >= 4 is 34.9 Å². The number of thiophene rings is 1. The van der Waals surface area contributed by atoms with E-state index in [1.54, 1.807) is 0 Å². The van der Waals surface area contributed by atoms with Crippen LogP contribution in [0.2, 0.25) is 0 Å². The van der Waals surface area contributed by atoms with Crippen molar-refractivity contribution in [2.75, 3.05) is 12.0 Å². The van der Waals surface area contributed by atoms with Crippen LogP contribution in [0.25, 0.3) is 0 Å². The Morgan fingerprint density at radius 1 is 1.59 bits per heavy atom. The Hall–Kier alpha value is 0.360. The molecule has 2 rings (SSSR count). The summed E-state index contributed by atoms with van der Waals surface area (Å²) in [4.78, 5) is 0. The van der Waals surface area contributed by atoms with E-state index in [1.807, 2.05) is 34.9 Å². The fourth-order valence-corrected chi connectivity index (χ4v) is 5.38. The SMILES string of the molecule is CSCCC(C)NC1C[C@H](C)Sc2sccc21. The Balaban J connectivity index is 1.97. The highest BCUT2D eigenvalue weighted by molar-refractivity contribution is 8.01. The molecule has 0 saturated heterocycles. The molecule has 0 amide bonds. The molecule has 1 aliphatic rings. The van der Waals surface area contributed by atoms with Gasteiger partial charge in [0.1, 0.15) is 0 Å². The van der Waals surface area contributed by atoms with Crippen LogP contribution in [0.4, 0.5) is 0 Å². The van der Waals surface area contributed by atoms with Crippen LogP contribution in [0.3, 0.4) is 0 Å². The lowest BCUT2D eigenvalue weighted by atomic mass is 10.0. The third-order valence-electron chi connectivity index (χ3n) is 3.15. The molecule has 0 aromatic carbocycles. The quantitative estimate of drug-likeness (QED) is 0.862. The molecule has 0 fully saturated rings. The molecule has 0 aliphatic carbocycles. The molecule has 0 spiro atoms. The molecule has 1 nitrogen and oxygen atoms in total. The normalized spacial score (nSPS) is 25.6. The lowest BCUT2D eigenvalue weighted by Crippen LogP contribution is -2.33. The summed E-state index contributed by atoms with van der Waals surface area (Å²) in [5, 5.41) is 6.78. The van der Waals surface area contributed by atoms with Crippen LogP contribution in [0.1, 0.15) is 38.3 Å². The van der Waals surface area contributed by atoms with Crippen LogP contribution in [0.15, 0.2) is 15.7 Å². The minimum Gasteiger partial charge on any atom is -0.307 e. The van der Waals surface area contributed by atoms with Crippen molar-refractivity contribution in [2.45, 2.75) is 48.2 Å². The van der Waals surface area contributed by atoms with E-state index in [0.29, 0.717) is 12.1 Å². The lowest BCUT2D eigenvalue weighted by Gasteiger charge is -2.30. The van der Waals surface area contributed by atoms with Crippen LogP contribution in [-0.2, 0) is 0 Å². The molecule has 0 bridgehead atoms. The van der Waals surface area contributed by atoms with Crippen LogP contribution < -0.4 is 5.32 Å². The maximum atomic E-state index is 3.81. The Morgan fingerprint density at radius 2 is 2.41 bits per heavy atom. The van der Waals surface area contributed by atoms with Gasteiger partial charge < -0.3 is 5.32 Å². The topological polar surface area (TPSA) is 12.0 Å². The molecule has 1 aliphatic heterocycles. The Kier molecular flexibility index (Phi) is 5.27. The van der Waals surface area contributed by atoms with Gasteiger partial charge in [0.25, 0.3) is 0 Å². The van der Waals surface area contributed by atoms with Crippen molar-refractivity contribution in [2.24, 2.45) is 0 Å². The van der Waals surface area contributed by atoms with Crippen LogP contribution >= 0.6 is 34.9 Å². The summed E-state index contributed by atoms with van der Waals surface area (Å²) in [7, 11) is 0. The highest BCUT2D eigenvalue weighted by Gasteiger charge is 2.26. The van der Waals surface area contributed by atoms with E-state index in [9.17, 15) is 0 Å². The van der Waals surface area contributed by atoms with Crippen molar-refractivity contribution in [3.8, 4) is 0 Å². The molecule has 2 heterocycles. The minimum atomic E-state index is 0.573. The predicted molar refractivity (Wildman–Crippen MR) is 82.6 cm³/mol. The van der Waals surface area contributed by atoms with E-state index in [-0.39, 0.29) is 0 Å². The first-order chi connectivity index (χ1) is 8.20. The molecule has 0 saturated carbocycles. The smallest absolute Gasteiger partial charge is 0.0649 e. The average molecular weight is 288 g/mol. The molecule has 17 heavy (non-hydrogen) atoms. The van der Waals surface area contributed by atoms with Crippen molar-refractivity contribution < 1.29 is 0 Å². The van der Waals surface area contributed by atoms with Crippen LogP contribution in [0.5, 0.6) is 0 Å². The Morgan fingerprint density at radius 3 is 3.18 bits per heavy atom. The molecule has 4 heteroatoms. The maximum Gasteiger partial charge on any atom is 0.0649 e. The van der Waals surface area contributed by atoms with Gasteiger partial charge in [-0.1, -0.05) is 6.92 Å². The Bertz CT molecular complexity index is 350. The van der Waals surface area contributed by atoms with Gasteiger partial charge in [0.05, 0.1) is 4.21 Å². The van der Waals surface area contributed by atoms with Gasteiger partial charge in [-0.15, -0.1) is 23.1 Å². The molecule has 2 unspecified atom stereocenters. The zero-order valence-corrected chi connectivity index (χ0v) is 13.2. The molecular formula is C13H21NS3. The maximum absolute atomic E-state index is 3.81. The van der Waals surface area contributed by atoms with Gasteiger partial charge >= 0.3 is 0 Å². The first-order valence-corrected chi connectivity index (χ1v) is 9.35. The highest BCUT2D eigenvalue weighted by atomic mass is 32.2. The van der Waals surface area contributed by atoms with Gasteiger partial charge in [-0.3, -0.25) is 0 Å². The number of hydrogen-bond acceptors (Lipinski definition) is 4. The van der Waals surface area contributed by atoms with Crippen molar-refractivity contribution in [1.29, 1.82) is 0 Å². The van der Waals surface area contributed by atoms with Gasteiger partial charge in [-0.25, -0.2) is 0 Å². The standard InChI is InChI=1S/C13H21NS3/c1-9(4-6-15-3)14-12-8-10(2)17-13-11(12)5-7-16-13/h5,7,9-10,12,14H,4,6,8H2,1-3H3/t9?,10-,12?/m0/s1. The summed E-state index contributed by atoms with van der Waals surface area (Å²) in [5.74, 6) is 1.25. The number of thioether (sulfide) groups is 2. The number of fused-ring (bicyclic) bond motifs is 1. The van der Waals surface area contributed by atoms with E-state index in [2.05, 4.69) is 36.9 Å². The lowest BCUT2D eigenvalue weighted by molar-refractivity contribution is 0.421. The Labute approximate surface area is 117 Å². The monoisotopic (exact) mass is 287 g/mol. The summed E-state index contributed by atoms with van der Waals surface area (Å²) < 4.78 is 1.53. The van der Waals surface area contributed by atoms with Gasteiger partial charge in [0.15, 0.2) is 0 Å². The van der Waals surface area contributed by atoms with Crippen molar-refractivity contribution in [3.05, 3.63) is 17.0 Å². The van der Waals surface area contributed by atoms with Crippen molar-refractivity contribution in [1.82, 2.24) is 5.32 Å². The zero-order valence-electron chi connectivity index (χ0n) is 10.7. The summed E-state index contributed by atoms with van der Waals surface area (Å²) in [6.45, 7) is 4.66. The third kappa shape index (κ3) is 3.66. The van der Waals surface area contributed by atoms with Gasteiger partial charge in [0, 0.05) is 17.3 Å². The molecule has 1 aromatic rings. The second-order valence-corrected chi connectivity index (χ2v) is 8.34. The largest absolute Gasteiger partial charge is 0.307 e. The fourth-order valence-electron chi connectivity index (χ4n) is 2.23. The second kappa shape index (κ2) is 6.50. The first kappa shape index (κ1) is 13.8. The van der Waals surface area contributed by atoms with Crippen LogP contribution in [-0.4, -0.2) is 23.3 Å². The summed E-state index contributed by atoms with van der Waals surface area (Å²) in [6, 6.07) is 3.50. The predicted octanol–water partition coefficient (Wildman–Crippen LogP) is 4.40. The minimum absolute atomic E-state index is 0.573. The molecular weight excluding hydrogens is 266 g/mol. The number of rotatable bonds is 5. The van der Waals surface area contributed by atoms with E-state index >= 15 is 0 Å². The van der Waals surface area contributed by atoms with Gasteiger partial charge in [-0.2, -0.15) is 11.8 Å². The molecule has 1 aromatic heterocycles.